The van der Waals surface area contributed by atoms with E-state index in [1.165, 1.54) is 22.7 Å². The molecule has 0 aliphatic carbocycles. The summed E-state index contributed by atoms with van der Waals surface area (Å²) in [5, 5.41) is 3.39. The Hall–Kier alpha value is -1.60. The number of carbonyl (C=O) groups excluding carboxylic acids is 1. The first kappa shape index (κ1) is 19.2. The van der Waals surface area contributed by atoms with Crippen LogP contribution in [0.3, 0.4) is 0 Å². The number of likely N-dealkylation sites (N-methyl/N-ethyl adjacent to an activating group) is 1. The smallest absolute Gasteiger partial charge is 0.228 e. The summed E-state index contributed by atoms with van der Waals surface area (Å²) in [6.07, 6.45) is 0.271. The fourth-order valence-electron chi connectivity index (χ4n) is 2.22. The first-order valence-electron chi connectivity index (χ1n) is 7.79. The highest BCUT2D eigenvalue weighted by molar-refractivity contribution is 7.16. The Morgan fingerprint density at radius 1 is 1.19 bits per heavy atom. The molecule has 26 heavy (non-hydrogen) atoms. The Labute approximate surface area is 170 Å². The van der Waals surface area contributed by atoms with E-state index in [1.54, 1.807) is 24.1 Å². The first-order chi connectivity index (χ1) is 12.5. The number of rotatable bonds is 7. The van der Waals surface area contributed by atoms with E-state index in [4.69, 9.17) is 27.9 Å². The van der Waals surface area contributed by atoms with Gasteiger partial charge in [0.1, 0.15) is 17.4 Å². The number of carbonyl (C=O) groups is 1. The van der Waals surface area contributed by atoms with Crippen molar-refractivity contribution < 1.29 is 9.53 Å². The van der Waals surface area contributed by atoms with Crippen LogP contribution in [0.4, 0.5) is 0 Å². The number of aromatic nitrogens is 1. The summed E-state index contributed by atoms with van der Waals surface area (Å²) in [7, 11) is 1.78. The van der Waals surface area contributed by atoms with Crippen LogP contribution in [0, 0.1) is 0 Å². The van der Waals surface area contributed by atoms with Crippen molar-refractivity contribution in [1.82, 2.24) is 9.88 Å². The Kier molecular flexibility index (Phi) is 6.53. The number of hydrogen-bond acceptors (Lipinski definition) is 5. The quantitative estimate of drug-likeness (QED) is 0.515. The molecule has 136 valence electrons. The summed E-state index contributed by atoms with van der Waals surface area (Å²) >= 11 is 14.7. The molecule has 0 fully saturated rings. The minimum atomic E-state index is 0.0185. The molecule has 2 heterocycles. The van der Waals surface area contributed by atoms with Gasteiger partial charge in [0.25, 0.3) is 0 Å². The highest BCUT2D eigenvalue weighted by Gasteiger charge is 2.14. The Morgan fingerprint density at radius 2 is 1.96 bits per heavy atom. The molecule has 0 spiro atoms. The maximum absolute atomic E-state index is 12.4. The predicted molar refractivity (Wildman–Crippen MR) is 107 cm³/mol. The van der Waals surface area contributed by atoms with E-state index in [0.29, 0.717) is 18.2 Å². The van der Waals surface area contributed by atoms with Crippen LogP contribution in [0.2, 0.25) is 9.36 Å². The molecule has 0 unspecified atom stereocenters. The third-order valence-corrected chi connectivity index (χ3v) is 5.89. The highest BCUT2D eigenvalue weighted by atomic mass is 35.5. The topological polar surface area (TPSA) is 42.4 Å². The van der Waals surface area contributed by atoms with Crippen LogP contribution in [0.1, 0.15) is 15.6 Å². The molecule has 1 aromatic carbocycles. The average molecular weight is 427 g/mol. The second-order valence-corrected chi connectivity index (χ2v) is 8.79. The van der Waals surface area contributed by atoms with Crippen LogP contribution >= 0.6 is 45.9 Å². The molecule has 3 aromatic rings. The molecule has 0 atom stereocenters. The number of halogens is 2. The van der Waals surface area contributed by atoms with Crippen LogP contribution in [-0.2, 0) is 24.4 Å². The van der Waals surface area contributed by atoms with Gasteiger partial charge in [0.15, 0.2) is 0 Å². The van der Waals surface area contributed by atoms with Gasteiger partial charge in [-0.15, -0.1) is 22.7 Å². The second kappa shape index (κ2) is 8.86. The minimum absolute atomic E-state index is 0.0185. The van der Waals surface area contributed by atoms with Crippen LogP contribution in [0.25, 0.3) is 0 Å². The van der Waals surface area contributed by atoms with Gasteiger partial charge >= 0.3 is 0 Å². The zero-order valence-corrected chi connectivity index (χ0v) is 17.1. The number of ether oxygens (including phenoxy) is 1. The normalized spacial score (nSPS) is 10.7. The molecule has 0 saturated carbocycles. The molecular formula is C18H16Cl2N2O2S2. The Bertz CT molecular complexity index is 877. The van der Waals surface area contributed by atoms with E-state index in [1.807, 2.05) is 29.6 Å². The van der Waals surface area contributed by atoms with Crippen molar-refractivity contribution in [1.29, 1.82) is 0 Å². The van der Waals surface area contributed by atoms with Crippen molar-refractivity contribution in [2.75, 3.05) is 7.05 Å². The molecule has 0 N–H and O–H groups in total. The van der Waals surface area contributed by atoms with E-state index in [2.05, 4.69) is 4.98 Å². The van der Waals surface area contributed by atoms with Crippen LogP contribution in [0.15, 0.2) is 41.8 Å². The van der Waals surface area contributed by atoms with Crippen LogP contribution < -0.4 is 4.74 Å². The molecule has 0 aliphatic heterocycles. The number of thiophene rings is 1. The summed E-state index contributed by atoms with van der Waals surface area (Å²) < 4.78 is 6.40. The zero-order chi connectivity index (χ0) is 18.5. The van der Waals surface area contributed by atoms with Crippen molar-refractivity contribution in [3.05, 3.63) is 66.7 Å². The molecule has 1 amide bonds. The second-order valence-electron chi connectivity index (χ2n) is 5.61. The van der Waals surface area contributed by atoms with Crippen molar-refractivity contribution in [3.63, 3.8) is 0 Å². The largest absolute Gasteiger partial charge is 0.486 e. The molecule has 8 heteroatoms. The zero-order valence-electron chi connectivity index (χ0n) is 13.9. The van der Waals surface area contributed by atoms with Gasteiger partial charge in [-0.25, -0.2) is 4.98 Å². The number of benzene rings is 1. The van der Waals surface area contributed by atoms with E-state index in [0.717, 1.165) is 25.7 Å². The lowest BCUT2D eigenvalue weighted by molar-refractivity contribution is -0.129. The van der Waals surface area contributed by atoms with Crippen molar-refractivity contribution in [2.45, 2.75) is 19.6 Å². The van der Waals surface area contributed by atoms with Crippen molar-refractivity contribution in [3.8, 4) is 5.75 Å². The lowest BCUT2D eigenvalue weighted by Gasteiger charge is -2.15. The molecule has 3 rings (SSSR count). The van der Waals surface area contributed by atoms with E-state index < -0.39 is 0 Å². The summed E-state index contributed by atoms with van der Waals surface area (Å²) in [4.78, 5) is 19.6. The van der Waals surface area contributed by atoms with Gasteiger partial charge in [-0.2, -0.15) is 0 Å². The summed E-state index contributed by atoms with van der Waals surface area (Å²) in [6, 6.07) is 11.0. The van der Waals surface area contributed by atoms with E-state index in [-0.39, 0.29) is 12.3 Å². The number of amides is 1. The maximum Gasteiger partial charge on any atom is 0.228 e. The average Bonchev–Trinajstić information content (AvgIpc) is 3.23. The third-order valence-electron chi connectivity index (χ3n) is 3.56. The fraction of sp³-hybridized carbons (Fsp3) is 0.222. The molecular weight excluding hydrogens is 411 g/mol. The van der Waals surface area contributed by atoms with Gasteiger partial charge in [-0.1, -0.05) is 23.2 Å². The molecule has 0 aliphatic rings. The number of hydrogen-bond donors (Lipinski definition) is 0. The highest BCUT2D eigenvalue weighted by Crippen LogP contribution is 2.23. The number of thiazole rings is 1. The minimum Gasteiger partial charge on any atom is -0.486 e. The monoisotopic (exact) mass is 426 g/mol. The lowest BCUT2D eigenvalue weighted by atomic mass is 10.3. The SMILES string of the molecule is CN(Cc1ccc(Cl)s1)C(=O)Cc1csc(COc2ccc(Cl)cc2)n1. The third kappa shape index (κ3) is 5.45. The van der Waals surface area contributed by atoms with Gasteiger partial charge in [0, 0.05) is 22.3 Å². The van der Waals surface area contributed by atoms with Gasteiger partial charge < -0.3 is 9.64 Å². The van der Waals surface area contributed by atoms with Gasteiger partial charge in [-0.05, 0) is 36.4 Å². The van der Waals surface area contributed by atoms with E-state index in [9.17, 15) is 4.79 Å². The maximum atomic E-state index is 12.4. The molecule has 4 nitrogen and oxygen atoms in total. The van der Waals surface area contributed by atoms with E-state index >= 15 is 0 Å². The van der Waals surface area contributed by atoms with Gasteiger partial charge in [0.2, 0.25) is 5.91 Å². The van der Waals surface area contributed by atoms with Gasteiger partial charge in [-0.3, -0.25) is 4.79 Å². The fourth-order valence-corrected chi connectivity index (χ4v) is 4.19. The molecule has 0 saturated heterocycles. The summed E-state index contributed by atoms with van der Waals surface area (Å²) in [5.74, 6) is 0.751. The Balaban J connectivity index is 1.50. The summed E-state index contributed by atoms with van der Waals surface area (Å²) in [5.41, 5.74) is 0.755. The van der Waals surface area contributed by atoms with Gasteiger partial charge in [0.05, 0.1) is 23.0 Å². The van der Waals surface area contributed by atoms with Crippen LogP contribution in [-0.4, -0.2) is 22.8 Å². The van der Waals surface area contributed by atoms with Crippen LogP contribution in [0.5, 0.6) is 5.75 Å². The van der Waals surface area contributed by atoms with Crippen molar-refractivity contribution in [2.24, 2.45) is 0 Å². The summed E-state index contributed by atoms with van der Waals surface area (Å²) in [6.45, 7) is 0.914. The lowest BCUT2D eigenvalue weighted by Crippen LogP contribution is -2.27. The standard InChI is InChI=1S/C18H16Cl2N2O2S2/c1-22(9-15-6-7-16(20)26-15)18(23)8-13-11-25-17(21-13)10-24-14-4-2-12(19)3-5-14/h2-7,11H,8-10H2,1H3. The molecule has 0 bridgehead atoms. The Morgan fingerprint density at radius 3 is 2.65 bits per heavy atom. The molecule has 2 aromatic heterocycles. The molecule has 0 radical (unpaired) electrons. The van der Waals surface area contributed by atoms with Crippen molar-refractivity contribution >= 4 is 51.8 Å². The predicted octanol–water partition coefficient (Wildman–Crippen LogP) is 5.29. The first-order valence-corrected chi connectivity index (χ1v) is 10.2. The number of nitrogens with zero attached hydrogens (tertiary/aromatic N) is 2.